The highest BCUT2D eigenvalue weighted by Gasteiger charge is 2.02. The molecule has 1 aromatic carbocycles. The summed E-state index contributed by atoms with van der Waals surface area (Å²) >= 11 is 1.63. The quantitative estimate of drug-likeness (QED) is 0.767. The molecule has 17 heavy (non-hydrogen) atoms. The Morgan fingerprint density at radius 3 is 2.94 bits per heavy atom. The van der Waals surface area contributed by atoms with Crippen molar-refractivity contribution in [1.82, 2.24) is 15.0 Å². The molecule has 0 aliphatic rings. The molecule has 1 N–H and O–H groups in total. The fraction of sp³-hybridized carbons (Fsp3) is 0.0833. The van der Waals surface area contributed by atoms with Gasteiger partial charge in [-0.05, 0) is 12.1 Å². The summed E-state index contributed by atoms with van der Waals surface area (Å²) in [5.41, 5.74) is 0.948. The summed E-state index contributed by atoms with van der Waals surface area (Å²) in [5, 5.41) is 7.34. The lowest BCUT2D eigenvalue weighted by molar-refractivity contribution is 1.07. The van der Waals surface area contributed by atoms with Crippen LogP contribution in [-0.4, -0.2) is 15.0 Å². The third kappa shape index (κ3) is 2.09. The predicted molar refractivity (Wildman–Crippen MR) is 69.0 cm³/mol. The maximum Gasteiger partial charge on any atom is 0.137 e. The van der Waals surface area contributed by atoms with Crippen molar-refractivity contribution < 1.29 is 0 Å². The van der Waals surface area contributed by atoms with Crippen molar-refractivity contribution >= 4 is 28.1 Å². The van der Waals surface area contributed by atoms with Crippen molar-refractivity contribution in [1.29, 1.82) is 0 Å². The molecule has 84 valence electrons. The molecule has 0 saturated carbocycles. The summed E-state index contributed by atoms with van der Waals surface area (Å²) in [4.78, 5) is 12.7. The fourth-order valence-corrected chi connectivity index (χ4v) is 2.20. The minimum Gasteiger partial charge on any atom is -0.363 e. The Hall–Kier alpha value is -2.01. The lowest BCUT2D eigenvalue weighted by atomic mass is 10.2. The average molecular weight is 242 g/mol. The predicted octanol–water partition coefficient (Wildman–Crippen LogP) is 2.70. The van der Waals surface area contributed by atoms with Gasteiger partial charge in [0.15, 0.2) is 0 Å². The van der Waals surface area contributed by atoms with Crippen LogP contribution >= 0.6 is 11.3 Å². The monoisotopic (exact) mass is 242 g/mol. The number of fused-ring (bicyclic) bond motifs is 1. The second kappa shape index (κ2) is 4.47. The second-order valence-electron chi connectivity index (χ2n) is 3.52. The van der Waals surface area contributed by atoms with E-state index in [0.717, 1.165) is 21.7 Å². The van der Waals surface area contributed by atoms with Gasteiger partial charge in [0.25, 0.3) is 0 Å². The summed E-state index contributed by atoms with van der Waals surface area (Å²) in [6, 6.07) is 7.95. The molecule has 2 aromatic heterocycles. The number of nitrogens with zero attached hydrogens (tertiary/aromatic N) is 3. The Kier molecular flexibility index (Phi) is 2.67. The highest BCUT2D eigenvalue weighted by Crippen LogP contribution is 2.19. The molecule has 0 amide bonds. The molecule has 0 aliphatic carbocycles. The van der Waals surface area contributed by atoms with Crippen LogP contribution < -0.4 is 5.32 Å². The van der Waals surface area contributed by atoms with Gasteiger partial charge in [0.1, 0.15) is 17.2 Å². The van der Waals surface area contributed by atoms with Gasteiger partial charge in [-0.2, -0.15) is 0 Å². The number of para-hydroxylation sites is 1. The number of hydrogen-bond acceptors (Lipinski definition) is 5. The number of rotatable bonds is 3. The van der Waals surface area contributed by atoms with Crippen LogP contribution in [0.15, 0.2) is 42.2 Å². The van der Waals surface area contributed by atoms with Crippen molar-refractivity contribution in [3.63, 3.8) is 0 Å². The van der Waals surface area contributed by atoms with Gasteiger partial charge in [-0.1, -0.05) is 12.1 Å². The Morgan fingerprint density at radius 1 is 1.12 bits per heavy atom. The van der Waals surface area contributed by atoms with Gasteiger partial charge < -0.3 is 5.32 Å². The first-order valence-electron chi connectivity index (χ1n) is 5.25. The highest BCUT2D eigenvalue weighted by molar-refractivity contribution is 7.09. The Balaban J connectivity index is 1.90. The van der Waals surface area contributed by atoms with E-state index in [1.54, 1.807) is 23.9 Å². The van der Waals surface area contributed by atoms with Crippen LogP contribution in [0.1, 0.15) is 5.01 Å². The molecule has 3 aromatic rings. The summed E-state index contributed by atoms with van der Waals surface area (Å²) in [5.74, 6) is 0.853. The Labute approximate surface area is 102 Å². The lowest BCUT2D eigenvalue weighted by Gasteiger charge is -2.06. The van der Waals surface area contributed by atoms with Crippen LogP contribution in [0.2, 0.25) is 0 Å². The van der Waals surface area contributed by atoms with Gasteiger partial charge in [-0.15, -0.1) is 11.3 Å². The molecule has 0 spiro atoms. The van der Waals surface area contributed by atoms with Gasteiger partial charge >= 0.3 is 0 Å². The topological polar surface area (TPSA) is 50.7 Å². The summed E-state index contributed by atoms with van der Waals surface area (Å²) in [6.07, 6.45) is 3.38. The second-order valence-corrected chi connectivity index (χ2v) is 4.50. The van der Waals surface area contributed by atoms with Crippen LogP contribution in [0.4, 0.5) is 5.82 Å². The van der Waals surface area contributed by atoms with E-state index in [2.05, 4.69) is 20.3 Å². The van der Waals surface area contributed by atoms with Crippen molar-refractivity contribution in [2.24, 2.45) is 0 Å². The van der Waals surface area contributed by atoms with Crippen molar-refractivity contribution in [2.45, 2.75) is 6.54 Å². The van der Waals surface area contributed by atoms with E-state index in [1.807, 2.05) is 29.6 Å². The first-order valence-corrected chi connectivity index (χ1v) is 6.13. The van der Waals surface area contributed by atoms with Crippen molar-refractivity contribution in [3.8, 4) is 0 Å². The molecule has 0 unspecified atom stereocenters. The third-order valence-electron chi connectivity index (χ3n) is 2.43. The Bertz CT molecular complexity index is 616. The van der Waals surface area contributed by atoms with Gasteiger partial charge in [0, 0.05) is 17.0 Å². The third-order valence-corrected chi connectivity index (χ3v) is 3.21. The molecule has 0 bridgehead atoms. The number of thiazole rings is 1. The smallest absolute Gasteiger partial charge is 0.137 e. The minimum absolute atomic E-state index is 0.693. The molecule has 0 saturated heterocycles. The molecule has 0 fully saturated rings. The number of anilines is 1. The van der Waals surface area contributed by atoms with Gasteiger partial charge in [0.05, 0.1) is 12.1 Å². The fourth-order valence-electron chi connectivity index (χ4n) is 1.65. The van der Waals surface area contributed by atoms with Crippen molar-refractivity contribution in [2.75, 3.05) is 5.32 Å². The van der Waals surface area contributed by atoms with E-state index >= 15 is 0 Å². The average Bonchev–Trinajstić information content (AvgIpc) is 2.89. The SMILES string of the molecule is c1ccc2c(NCc3nccs3)ncnc2c1. The zero-order valence-corrected chi connectivity index (χ0v) is 9.81. The molecule has 0 atom stereocenters. The molecular formula is C12H10N4S. The van der Waals surface area contributed by atoms with E-state index in [9.17, 15) is 0 Å². The molecule has 0 radical (unpaired) electrons. The zero-order chi connectivity index (χ0) is 11.5. The zero-order valence-electron chi connectivity index (χ0n) is 9.00. The van der Waals surface area contributed by atoms with E-state index < -0.39 is 0 Å². The molecule has 0 aliphatic heterocycles. The number of nitrogens with one attached hydrogen (secondary N) is 1. The van der Waals surface area contributed by atoms with E-state index in [0.29, 0.717) is 6.54 Å². The highest BCUT2D eigenvalue weighted by atomic mass is 32.1. The van der Waals surface area contributed by atoms with Gasteiger partial charge in [-0.3, -0.25) is 0 Å². The standard InChI is InChI=1S/C12H10N4S/c1-2-4-10-9(3-1)12(16-8-15-10)14-7-11-13-5-6-17-11/h1-6,8H,7H2,(H,14,15,16). The lowest BCUT2D eigenvalue weighted by Crippen LogP contribution is -2.01. The largest absolute Gasteiger partial charge is 0.363 e. The summed E-state index contributed by atoms with van der Waals surface area (Å²) in [7, 11) is 0. The van der Waals surface area contributed by atoms with E-state index in [4.69, 9.17) is 0 Å². The minimum atomic E-state index is 0.693. The number of benzene rings is 1. The van der Waals surface area contributed by atoms with Crippen LogP contribution in [-0.2, 0) is 6.54 Å². The van der Waals surface area contributed by atoms with Crippen LogP contribution in [0, 0.1) is 0 Å². The molecular weight excluding hydrogens is 232 g/mol. The van der Waals surface area contributed by atoms with Crippen LogP contribution in [0.3, 0.4) is 0 Å². The summed E-state index contributed by atoms with van der Waals surface area (Å²) < 4.78 is 0. The number of hydrogen-bond donors (Lipinski definition) is 1. The molecule has 4 nitrogen and oxygen atoms in total. The van der Waals surface area contributed by atoms with Gasteiger partial charge in [0.2, 0.25) is 0 Å². The first kappa shape index (κ1) is 10.2. The first-order chi connectivity index (χ1) is 8.43. The molecule has 3 rings (SSSR count). The maximum absolute atomic E-state index is 4.26. The normalized spacial score (nSPS) is 10.6. The summed E-state index contributed by atoms with van der Waals surface area (Å²) in [6.45, 7) is 0.693. The maximum atomic E-state index is 4.26. The van der Waals surface area contributed by atoms with Crippen LogP contribution in [0.25, 0.3) is 10.9 Å². The van der Waals surface area contributed by atoms with E-state index in [-0.39, 0.29) is 0 Å². The van der Waals surface area contributed by atoms with Gasteiger partial charge in [-0.25, -0.2) is 15.0 Å². The van der Waals surface area contributed by atoms with E-state index in [1.165, 1.54) is 0 Å². The van der Waals surface area contributed by atoms with Crippen LogP contribution in [0.5, 0.6) is 0 Å². The Morgan fingerprint density at radius 2 is 2.06 bits per heavy atom. The number of aromatic nitrogens is 3. The molecule has 2 heterocycles. The van der Waals surface area contributed by atoms with Crippen molar-refractivity contribution in [3.05, 3.63) is 47.2 Å². The molecule has 5 heteroatoms.